The maximum atomic E-state index is 11.1. The first-order valence-electron chi connectivity index (χ1n) is 4.79. The molecule has 1 rings (SSSR count). The Morgan fingerprint density at radius 1 is 1.53 bits per heavy atom. The van der Waals surface area contributed by atoms with E-state index in [4.69, 9.17) is 10.5 Å². The summed E-state index contributed by atoms with van der Waals surface area (Å²) in [6.07, 6.45) is 4.66. The molecule has 8 heteroatoms. The molecule has 7 nitrogen and oxygen atoms in total. The first-order chi connectivity index (χ1) is 7.93. The van der Waals surface area contributed by atoms with Crippen LogP contribution >= 0.6 is 0 Å². The van der Waals surface area contributed by atoms with Gasteiger partial charge >= 0.3 is 0 Å². The van der Waals surface area contributed by atoms with Gasteiger partial charge < -0.3 is 10.5 Å². The minimum absolute atomic E-state index is 0.200. The van der Waals surface area contributed by atoms with Crippen LogP contribution in [-0.2, 0) is 21.2 Å². The fraction of sp³-hybridized carbons (Fsp3) is 0.444. The number of nitrogens with zero attached hydrogens (tertiary/aromatic N) is 3. The largest absolute Gasteiger partial charge is 0.390 e. The predicted molar refractivity (Wildman–Crippen MR) is 62.1 cm³/mol. The molecule has 0 saturated heterocycles. The molecule has 1 heterocycles. The van der Waals surface area contributed by atoms with Gasteiger partial charge in [-0.25, -0.2) is 23.4 Å². The lowest BCUT2D eigenvalue weighted by Crippen LogP contribution is -2.09. The van der Waals surface area contributed by atoms with Gasteiger partial charge in [0.05, 0.1) is 12.9 Å². The molecule has 1 aromatic heterocycles. The van der Waals surface area contributed by atoms with Crippen molar-refractivity contribution >= 4 is 16.2 Å². The summed E-state index contributed by atoms with van der Waals surface area (Å²) in [6.45, 7) is 1.97. The summed E-state index contributed by atoms with van der Waals surface area (Å²) >= 11 is 0. The molecule has 1 unspecified atom stereocenters. The third-order valence-electron chi connectivity index (χ3n) is 1.80. The lowest BCUT2D eigenvalue weighted by Gasteiger charge is -2.07. The van der Waals surface area contributed by atoms with Crippen molar-refractivity contribution in [2.75, 3.05) is 6.26 Å². The zero-order chi connectivity index (χ0) is 12.9. The van der Waals surface area contributed by atoms with Gasteiger partial charge in [0.25, 0.3) is 0 Å². The normalized spacial score (nSPS) is 14.0. The van der Waals surface area contributed by atoms with Crippen LogP contribution in [0.25, 0.3) is 0 Å². The molecule has 17 heavy (non-hydrogen) atoms. The number of aliphatic imine (C=N–C) groups is 1. The van der Waals surface area contributed by atoms with Crippen molar-refractivity contribution in [1.29, 1.82) is 0 Å². The number of hydrogen-bond donors (Lipinski definition) is 1. The Balaban J connectivity index is 2.63. The highest BCUT2D eigenvalue weighted by atomic mass is 32.2. The number of hydrogen-bond acceptors (Lipinski definition) is 6. The Morgan fingerprint density at radius 2 is 2.12 bits per heavy atom. The zero-order valence-electron chi connectivity index (χ0n) is 9.57. The topological polar surface area (TPSA) is 108 Å². The van der Waals surface area contributed by atoms with E-state index in [1.54, 1.807) is 6.92 Å². The highest BCUT2D eigenvalue weighted by Gasteiger charge is 2.10. The smallest absolute Gasteiger partial charge is 0.246 e. The summed E-state index contributed by atoms with van der Waals surface area (Å²) in [7, 11) is -3.36. The van der Waals surface area contributed by atoms with Crippen molar-refractivity contribution in [3.63, 3.8) is 0 Å². The Kier molecular flexibility index (Phi) is 4.53. The molecule has 1 atom stereocenters. The van der Waals surface area contributed by atoms with Crippen LogP contribution in [0.1, 0.15) is 12.5 Å². The number of ether oxygens (including phenoxy) is 1. The Hall–Kier alpha value is -1.54. The fourth-order valence-electron chi connectivity index (χ4n) is 0.990. The van der Waals surface area contributed by atoms with Crippen molar-refractivity contribution in [2.24, 2.45) is 10.7 Å². The van der Waals surface area contributed by atoms with E-state index in [0.717, 1.165) is 12.6 Å². The van der Waals surface area contributed by atoms with E-state index in [-0.39, 0.29) is 18.0 Å². The Labute approximate surface area is 99.7 Å². The van der Waals surface area contributed by atoms with Gasteiger partial charge in [0.15, 0.2) is 0 Å². The van der Waals surface area contributed by atoms with Crippen molar-refractivity contribution in [3.8, 4) is 0 Å². The van der Waals surface area contributed by atoms with E-state index in [9.17, 15) is 8.42 Å². The monoisotopic (exact) mass is 258 g/mol. The molecule has 0 bridgehead atoms. The second-order valence-corrected chi connectivity index (χ2v) is 5.26. The van der Waals surface area contributed by atoms with Crippen molar-refractivity contribution in [1.82, 2.24) is 9.97 Å². The number of aromatic nitrogens is 2. The summed E-state index contributed by atoms with van der Waals surface area (Å²) in [5.41, 5.74) is 5.77. The number of sulfone groups is 1. The van der Waals surface area contributed by atoms with Crippen LogP contribution in [-0.4, -0.2) is 37.2 Å². The van der Waals surface area contributed by atoms with Crippen molar-refractivity contribution in [2.45, 2.75) is 24.9 Å². The molecule has 0 aromatic carbocycles. The van der Waals surface area contributed by atoms with E-state index >= 15 is 0 Å². The molecule has 2 N–H and O–H groups in total. The summed E-state index contributed by atoms with van der Waals surface area (Å²) in [5, 5.41) is -0.200. The average molecular weight is 258 g/mol. The second kappa shape index (κ2) is 5.69. The van der Waals surface area contributed by atoms with Gasteiger partial charge in [-0.15, -0.1) is 0 Å². The number of rotatable bonds is 5. The summed E-state index contributed by atoms with van der Waals surface area (Å²) < 4.78 is 27.5. The average Bonchev–Trinajstić information content (AvgIpc) is 2.26. The molecule has 0 saturated carbocycles. The second-order valence-electron chi connectivity index (χ2n) is 3.35. The molecule has 0 spiro atoms. The van der Waals surface area contributed by atoms with E-state index in [1.807, 2.05) is 0 Å². The first-order valence-corrected chi connectivity index (χ1v) is 6.68. The SMILES string of the molecule is CC(N=CN)OCc1cnc(S(C)(=O)=O)nc1. The minimum atomic E-state index is -3.36. The van der Waals surface area contributed by atoms with Gasteiger partial charge in [0.2, 0.25) is 15.0 Å². The fourth-order valence-corrected chi connectivity index (χ4v) is 1.48. The quantitative estimate of drug-likeness (QED) is 0.442. The molecule has 1 aromatic rings. The molecule has 94 valence electrons. The van der Waals surface area contributed by atoms with Gasteiger partial charge in [-0.3, -0.25) is 0 Å². The van der Waals surface area contributed by atoms with Gasteiger partial charge in [0, 0.05) is 24.2 Å². The van der Waals surface area contributed by atoms with Crippen molar-refractivity contribution in [3.05, 3.63) is 18.0 Å². The van der Waals surface area contributed by atoms with Crippen LogP contribution in [0.2, 0.25) is 0 Å². The maximum absolute atomic E-state index is 11.1. The van der Waals surface area contributed by atoms with E-state index in [2.05, 4.69) is 15.0 Å². The number of nitrogens with two attached hydrogens (primary N) is 1. The molecular weight excluding hydrogens is 244 g/mol. The van der Waals surface area contributed by atoms with Crippen LogP contribution in [0.3, 0.4) is 0 Å². The molecule has 0 fully saturated rings. The summed E-state index contributed by atoms with van der Waals surface area (Å²) in [6, 6.07) is 0. The van der Waals surface area contributed by atoms with E-state index in [1.165, 1.54) is 12.4 Å². The maximum Gasteiger partial charge on any atom is 0.246 e. The van der Waals surface area contributed by atoms with Gasteiger partial charge in [0.1, 0.15) is 6.23 Å². The van der Waals surface area contributed by atoms with E-state index < -0.39 is 9.84 Å². The highest BCUT2D eigenvalue weighted by Crippen LogP contribution is 2.05. The minimum Gasteiger partial charge on any atom is -0.390 e. The third-order valence-corrected chi connectivity index (χ3v) is 2.67. The van der Waals surface area contributed by atoms with Crippen LogP contribution in [0.15, 0.2) is 22.5 Å². The Bertz CT molecular complexity index is 483. The zero-order valence-corrected chi connectivity index (χ0v) is 10.4. The van der Waals surface area contributed by atoms with Crippen molar-refractivity contribution < 1.29 is 13.2 Å². The van der Waals surface area contributed by atoms with Crippen LogP contribution in [0.5, 0.6) is 0 Å². The first kappa shape index (κ1) is 13.5. The van der Waals surface area contributed by atoms with Gasteiger partial charge in [-0.1, -0.05) is 0 Å². The van der Waals surface area contributed by atoms with Gasteiger partial charge in [-0.05, 0) is 6.92 Å². The lowest BCUT2D eigenvalue weighted by atomic mass is 10.4. The molecule has 0 aliphatic carbocycles. The standard InChI is InChI=1S/C9H14N4O3S/c1-7(13-6-10)16-5-8-3-11-9(12-4-8)17(2,14)15/h3-4,6-7H,5H2,1-2H3,(H2,10,13). The van der Waals surface area contributed by atoms with E-state index in [0.29, 0.717) is 5.56 Å². The lowest BCUT2D eigenvalue weighted by molar-refractivity contribution is 0.0592. The molecule has 0 radical (unpaired) electrons. The van der Waals surface area contributed by atoms with Crippen LogP contribution in [0, 0.1) is 0 Å². The van der Waals surface area contributed by atoms with Gasteiger partial charge in [-0.2, -0.15) is 0 Å². The van der Waals surface area contributed by atoms with Crippen LogP contribution in [0.4, 0.5) is 0 Å². The molecule has 0 amide bonds. The summed E-state index contributed by atoms with van der Waals surface area (Å²) in [5.74, 6) is 0. The third kappa shape index (κ3) is 4.45. The Morgan fingerprint density at radius 3 is 2.59 bits per heavy atom. The molecular formula is C9H14N4O3S. The predicted octanol–water partition coefficient (Wildman–Crippen LogP) is -0.270. The van der Waals surface area contributed by atoms with Crippen LogP contribution < -0.4 is 5.73 Å². The molecule has 0 aliphatic rings. The molecule has 0 aliphatic heterocycles. The summed E-state index contributed by atoms with van der Waals surface area (Å²) in [4.78, 5) is 11.3. The highest BCUT2D eigenvalue weighted by molar-refractivity contribution is 7.90.